The number of hydrogen-bond acceptors (Lipinski definition) is 3. The molecular formula is C13H12Cl2N2O2S. The third-order valence-electron chi connectivity index (χ3n) is 2.75. The summed E-state index contributed by atoms with van der Waals surface area (Å²) in [5.74, 6) is 0. The van der Waals surface area contributed by atoms with Crippen LogP contribution in [0.15, 0.2) is 41.3 Å². The molecule has 0 unspecified atom stereocenters. The Kier molecular flexibility index (Phi) is 4.13. The van der Waals surface area contributed by atoms with Gasteiger partial charge in [-0.25, -0.2) is 8.42 Å². The summed E-state index contributed by atoms with van der Waals surface area (Å²) in [5.41, 5.74) is 6.93. The SMILES string of the molecule is Cc1c(N)cc(Cl)cc1S(=O)(=O)Nc1ccc(Cl)cc1. The number of hydrogen-bond donors (Lipinski definition) is 2. The van der Waals surface area contributed by atoms with Gasteiger partial charge in [-0.15, -0.1) is 0 Å². The molecule has 4 nitrogen and oxygen atoms in total. The maximum absolute atomic E-state index is 12.4. The summed E-state index contributed by atoms with van der Waals surface area (Å²) in [6.07, 6.45) is 0. The molecule has 0 atom stereocenters. The van der Waals surface area contributed by atoms with Crippen molar-refractivity contribution in [1.82, 2.24) is 0 Å². The van der Waals surface area contributed by atoms with Crippen LogP contribution >= 0.6 is 23.2 Å². The molecule has 0 saturated heterocycles. The Morgan fingerprint density at radius 3 is 2.25 bits per heavy atom. The van der Waals surface area contributed by atoms with Crippen molar-refractivity contribution in [3.8, 4) is 0 Å². The van der Waals surface area contributed by atoms with E-state index in [4.69, 9.17) is 28.9 Å². The zero-order chi connectivity index (χ0) is 14.9. The minimum Gasteiger partial charge on any atom is -0.398 e. The number of sulfonamides is 1. The van der Waals surface area contributed by atoms with E-state index in [-0.39, 0.29) is 9.92 Å². The van der Waals surface area contributed by atoms with Crippen LogP contribution in [0.5, 0.6) is 0 Å². The van der Waals surface area contributed by atoms with Crippen molar-refractivity contribution in [2.45, 2.75) is 11.8 Å². The Morgan fingerprint density at radius 1 is 1.05 bits per heavy atom. The molecule has 106 valence electrons. The highest BCUT2D eigenvalue weighted by Gasteiger charge is 2.19. The third kappa shape index (κ3) is 3.17. The maximum atomic E-state index is 12.4. The van der Waals surface area contributed by atoms with E-state index in [1.54, 1.807) is 31.2 Å². The Morgan fingerprint density at radius 2 is 1.65 bits per heavy atom. The molecule has 2 aromatic rings. The number of nitrogens with one attached hydrogen (secondary N) is 1. The number of nitrogen functional groups attached to an aromatic ring is 1. The highest BCUT2D eigenvalue weighted by atomic mass is 35.5. The van der Waals surface area contributed by atoms with Crippen LogP contribution in [0.3, 0.4) is 0 Å². The Labute approximate surface area is 127 Å². The Balaban J connectivity index is 2.43. The molecule has 0 radical (unpaired) electrons. The molecule has 3 N–H and O–H groups in total. The van der Waals surface area contributed by atoms with Gasteiger partial charge in [0.2, 0.25) is 0 Å². The van der Waals surface area contributed by atoms with Gasteiger partial charge < -0.3 is 5.73 Å². The first-order chi connectivity index (χ1) is 9.29. The highest BCUT2D eigenvalue weighted by molar-refractivity contribution is 7.92. The van der Waals surface area contributed by atoms with Crippen molar-refractivity contribution in [3.63, 3.8) is 0 Å². The van der Waals surface area contributed by atoms with E-state index >= 15 is 0 Å². The summed E-state index contributed by atoms with van der Waals surface area (Å²) in [6, 6.07) is 9.22. The van der Waals surface area contributed by atoms with Crippen LogP contribution in [0, 0.1) is 6.92 Å². The Hall–Kier alpha value is -1.43. The maximum Gasteiger partial charge on any atom is 0.262 e. The van der Waals surface area contributed by atoms with Crippen molar-refractivity contribution in [2.75, 3.05) is 10.5 Å². The molecule has 0 fully saturated rings. The van der Waals surface area contributed by atoms with E-state index in [0.717, 1.165) is 0 Å². The summed E-state index contributed by atoms with van der Waals surface area (Å²) in [6.45, 7) is 1.63. The minimum atomic E-state index is -3.76. The molecule has 0 heterocycles. The van der Waals surface area contributed by atoms with Crippen molar-refractivity contribution in [3.05, 3.63) is 52.0 Å². The second-order valence-electron chi connectivity index (χ2n) is 4.23. The molecule has 0 spiro atoms. The van der Waals surface area contributed by atoms with Gasteiger partial charge in [-0.1, -0.05) is 23.2 Å². The average Bonchev–Trinajstić information content (AvgIpc) is 2.36. The summed E-state index contributed by atoms with van der Waals surface area (Å²) in [7, 11) is -3.76. The summed E-state index contributed by atoms with van der Waals surface area (Å²) < 4.78 is 27.2. The van der Waals surface area contributed by atoms with Crippen LogP contribution in [-0.2, 0) is 10.0 Å². The minimum absolute atomic E-state index is 0.0532. The number of rotatable bonds is 3. The van der Waals surface area contributed by atoms with Gasteiger partial charge in [0, 0.05) is 21.4 Å². The van der Waals surface area contributed by atoms with Crippen molar-refractivity contribution < 1.29 is 8.42 Å². The fourth-order valence-corrected chi connectivity index (χ4v) is 3.46. The number of anilines is 2. The van der Waals surface area contributed by atoms with E-state index in [1.807, 2.05) is 0 Å². The van der Waals surface area contributed by atoms with Gasteiger partial charge in [0.15, 0.2) is 0 Å². The standard InChI is InChI=1S/C13H12Cl2N2O2S/c1-8-12(16)6-10(15)7-13(8)20(18,19)17-11-4-2-9(14)3-5-11/h2-7,17H,16H2,1H3. The smallest absolute Gasteiger partial charge is 0.262 e. The van der Waals surface area contributed by atoms with Crippen molar-refractivity contribution >= 4 is 44.6 Å². The third-order valence-corrected chi connectivity index (χ3v) is 4.73. The molecule has 0 amide bonds. The van der Waals surface area contributed by atoms with Gasteiger partial charge in [0.25, 0.3) is 10.0 Å². The molecule has 2 rings (SSSR count). The van der Waals surface area contributed by atoms with E-state index in [1.165, 1.54) is 12.1 Å². The van der Waals surface area contributed by atoms with Gasteiger partial charge in [-0.05, 0) is 48.9 Å². The predicted octanol–water partition coefficient (Wildman–Crippen LogP) is 3.68. The molecule has 0 aliphatic rings. The normalized spacial score (nSPS) is 11.3. The quantitative estimate of drug-likeness (QED) is 0.843. The lowest BCUT2D eigenvalue weighted by molar-refractivity contribution is 0.600. The zero-order valence-electron chi connectivity index (χ0n) is 10.5. The van der Waals surface area contributed by atoms with Gasteiger partial charge in [-0.2, -0.15) is 0 Å². The number of benzene rings is 2. The van der Waals surface area contributed by atoms with Crippen LogP contribution in [0.1, 0.15) is 5.56 Å². The molecule has 0 aliphatic carbocycles. The molecule has 0 saturated carbocycles. The first kappa shape index (κ1) is 15.0. The highest BCUT2D eigenvalue weighted by Crippen LogP contribution is 2.27. The van der Waals surface area contributed by atoms with E-state index in [9.17, 15) is 8.42 Å². The first-order valence-electron chi connectivity index (χ1n) is 5.63. The van der Waals surface area contributed by atoms with Gasteiger partial charge in [0.05, 0.1) is 4.90 Å². The largest absolute Gasteiger partial charge is 0.398 e. The van der Waals surface area contributed by atoms with Gasteiger partial charge in [0.1, 0.15) is 0 Å². The second-order valence-corrected chi connectivity index (χ2v) is 6.75. The van der Waals surface area contributed by atoms with Crippen LogP contribution in [0.25, 0.3) is 0 Å². The lowest BCUT2D eigenvalue weighted by atomic mass is 10.2. The van der Waals surface area contributed by atoms with E-state index in [2.05, 4.69) is 4.72 Å². The number of nitrogens with two attached hydrogens (primary N) is 1. The van der Waals surface area contributed by atoms with Crippen LogP contribution < -0.4 is 10.5 Å². The lowest BCUT2D eigenvalue weighted by Gasteiger charge is -2.12. The average molecular weight is 331 g/mol. The Bertz CT molecular complexity index is 744. The monoisotopic (exact) mass is 330 g/mol. The number of halogens is 2. The fraction of sp³-hybridized carbons (Fsp3) is 0.0769. The van der Waals surface area contributed by atoms with Crippen LogP contribution in [0.2, 0.25) is 10.0 Å². The molecule has 20 heavy (non-hydrogen) atoms. The first-order valence-corrected chi connectivity index (χ1v) is 7.87. The van der Waals surface area contributed by atoms with Crippen LogP contribution in [-0.4, -0.2) is 8.42 Å². The molecule has 2 aromatic carbocycles. The van der Waals surface area contributed by atoms with Crippen molar-refractivity contribution in [1.29, 1.82) is 0 Å². The van der Waals surface area contributed by atoms with Gasteiger partial charge in [-0.3, -0.25) is 4.72 Å². The molecule has 7 heteroatoms. The van der Waals surface area contributed by atoms with E-state index in [0.29, 0.717) is 22.0 Å². The van der Waals surface area contributed by atoms with E-state index < -0.39 is 10.0 Å². The van der Waals surface area contributed by atoms with Gasteiger partial charge >= 0.3 is 0 Å². The van der Waals surface area contributed by atoms with Crippen molar-refractivity contribution in [2.24, 2.45) is 0 Å². The molecular weight excluding hydrogens is 319 g/mol. The molecule has 0 aromatic heterocycles. The molecule has 0 bridgehead atoms. The fourth-order valence-electron chi connectivity index (χ4n) is 1.68. The zero-order valence-corrected chi connectivity index (χ0v) is 12.9. The summed E-state index contributed by atoms with van der Waals surface area (Å²) in [4.78, 5) is 0.0532. The second kappa shape index (κ2) is 5.52. The molecule has 0 aliphatic heterocycles. The summed E-state index contributed by atoms with van der Waals surface area (Å²) >= 11 is 11.6. The predicted molar refractivity (Wildman–Crippen MR) is 82.9 cm³/mol. The van der Waals surface area contributed by atoms with Crippen LogP contribution in [0.4, 0.5) is 11.4 Å². The topological polar surface area (TPSA) is 72.2 Å². The lowest BCUT2D eigenvalue weighted by Crippen LogP contribution is -2.15. The summed E-state index contributed by atoms with van der Waals surface area (Å²) in [5, 5.41) is 0.792.